The van der Waals surface area contributed by atoms with Crippen LogP contribution in [0.2, 0.25) is 0 Å². The molecule has 0 spiro atoms. The van der Waals surface area contributed by atoms with Gasteiger partial charge in [-0.05, 0) is 18.4 Å². The van der Waals surface area contributed by atoms with Crippen molar-refractivity contribution in [2.75, 3.05) is 19.3 Å². The standard InChI is InChI=1S/C14H21N3O3S/c1-21(19,20)16-12-7-9-17(10-8-12)13(14(15)18)11-5-3-2-4-6-11/h2-6,12-13,16H,7-10H2,1H3,(H2,15,18). The van der Waals surface area contributed by atoms with E-state index in [-0.39, 0.29) is 11.9 Å². The Morgan fingerprint density at radius 3 is 2.33 bits per heavy atom. The monoisotopic (exact) mass is 311 g/mol. The Morgan fingerprint density at radius 2 is 1.86 bits per heavy atom. The van der Waals surface area contributed by atoms with Crippen molar-refractivity contribution in [3.05, 3.63) is 35.9 Å². The highest BCUT2D eigenvalue weighted by molar-refractivity contribution is 7.88. The van der Waals surface area contributed by atoms with Crippen LogP contribution in [0.3, 0.4) is 0 Å². The molecule has 1 aromatic rings. The Morgan fingerprint density at radius 1 is 1.29 bits per heavy atom. The first-order valence-electron chi connectivity index (χ1n) is 6.92. The number of carbonyl (C=O) groups excluding carboxylic acids is 1. The van der Waals surface area contributed by atoms with E-state index in [2.05, 4.69) is 4.72 Å². The van der Waals surface area contributed by atoms with Crippen LogP contribution in [0.25, 0.3) is 0 Å². The number of amides is 1. The predicted octanol–water partition coefficient (Wildman–Crippen LogP) is 0.227. The molecule has 1 amide bonds. The highest BCUT2D eigenvalue weighted by Crippen LogP contribution is 2.24. The maximum Gasteiger partial charge on any atom is 0.239 e. The van der Waals surface area contributed by atoms with E-state index < -0.39 is 16.1 Å². The van der Waals surface area contributed by atoms with Crippen LogP contribution < -0.4 is 10.5 Å². The van der Waals surface area contributed by atoms with Gasteiger partial charge < -0.3 is 5.73 Å². The lowest BCUT2D eigenvalue weighted by atomic mass is 9.99. The zero-order valence-corrected chi connectivity index (χ0v) is 12.8. The molecule has 1 aliphatic heterocycles. The quantitative estimate of drug-likeness (QED) is 0.814. The molecule has 3 N–H and O–H groups in total. The molecule has 1 heterocycles. The van der Waals surface area contributed by atoms with E-state index in [4.69, 9.17) is 5.73 Å². The van der Waals surface area contributed by atoms with Gasteiger partial charge in [0.25, 0.3) is 0 Å². The minimum atomic E-state index is -3.19. The highest BCUT2D eigenvalue weighted by Gasteiger charge is 2.30. The van der Waals surface area contributed by atoms with Crippen molar-refractivity contribution in [2.45, 2.75) is 24.9 Å². The van der Waals surface area contributed by atoms with Gasteiger partial charge in [-0.25, -0.2) is 13.1 Å². The summed E-state index contributed by atoms with van der Waals surface area (Å²) in [5, 5.41) is 0. The topological polar surface area (TPSA) is 92.5 Å². The lowest BCUT2D eigenvalue weighted by molar-refractivity contribution is -0.124. The number of piperidine rings is 1. The van der Waals surface area contributed by atoms with E-state index in [1.165, 1.54) is 0 Å². The molecular weight excluding hydrogens is 290 g/mol. The fourth-order valence-electron chi connectivity index (χ4n) is 2.77. The molecule has 1 unspecified atom stereocenters. The van der Waals surface area contributed by atoms with E-state index >= 15 is 0 Å². The second-order valence-electron chi connectivity index (χ2n) is 5.42. The average molecular weight is 311 g/mol. The van der Waals surface area contributed by atoms with E-state index in [0.717, 1.165) is 11.8 Å². The summed E-state index contributed by atoms with van der Waals surface area (Å²) in [6.07, 6.45) is 2.50. The maximum absolute atomic E-state index is 11.8. The van der Waals surface area contributed by atoms with Crippen molar-refractivity contribution < 1.29 is 13.2 Å². The second-order valence-corrected chi connectivity index (χ2v) is 7.20. The van der Waals surface area contributed by atoms with Gasteiger partial charge in [0.2, 0.25) is 15.9 Å². The Bertz CT molecular complexity index is 581. The van der Waals surface area contributed by atoms with Crippen LogP contribution in [-0.4, -0.2) is 44.6 Å². The maximum atomic E-state index is 11.8. The largest absolute Gasteiger partial charge is 0.368 e. The lowest BCUT2D eigenvalue weighted by Crippen LogP contribution is -2.47. The van der Waals surface area contributed by atoms with Crippen LogP contribution in [0.15, 0.2) is 30.3 Å². The third-order valence-electron chi connectivity index (χ3n) is 3.66. The molecule has 0 bridgehead atoms. The van der Waals surface area contributed by atoms with Crippen molar-refractivity contribution in [3.63, 3.8) is 0 Å². The molecule has 0 aliphatic carbocycles. The van der Waals surface area contributed by atoms with E-state index in [1.807, 2.05) is 35.2 Å². The minimum absolute atomic E-state index is 0.0689. The SMILES string of the molecule is CS(=O)(=O)NC1CCN(C(C(N)=O)c2ccccc2)CC1. The summed E-state index contributed by atoms with van der Waals surface area (Å²) in [6.45, 7) is 1.27. The van der Waals surface area contributed by atoms with Crippen molar-refractivity contribution in [2.24, 2.45) is 5.73 Å². The molecule has 1 saturated heterocycles. The highest BCUT2D eigenvalue weighted by atomic mass is 32.2. The molecule has 21 heavy (non-hydrogen) atoms. The molecule has 1 aliphatic rings. The molecule has 1 aromatic carbocycles. The Kier molecular flexibility index (Phi) is 4.97. The summed E-state index contributed by atoms with van der Waals surface area (Å²) >= 11 is 0. The van der Waals surface area contributed by atoms with Crippen molar-refractivity contribution in [1.82, 2.24) is 9.62 Å². The van der Waals surface area contributed by atoms with Gasteiger partial charge in [-0.3, -0.25) is 9.69 Å². The van der Waals surface area contributed by atoms with Gasteiger partial charge in [-0.2, -0.15) is 0 Å². The first kappa shape index (κ1) is 15.9. The van der Waals surface area contributed by atoms with Gasteiger partial charge in [-0.1, -0.05) is 30.3 Å². The molecular formula is C14H21N3O3S. The van der Waals surface area contributed by atoms with Gasteiger partial charge in [0.15, 0.2) is 0 Å². The number of nitrogens with one attached hydrogen (secondary N) is 1. The third-order valence-corrected chi connectivity index (χ3v) is 4.42. The zero-order valence-electron chi connectivity index (χ0n) is 12.0. The van der Waals surface area contributed by atoms with Crippen molar-refractivity contribution >= 4 is 15.9 Å². The van der Waals surface area contributed by atoms with Crippen LogP contribution in [0.5, 0.6) is 0 Å². The van der Waals surface area contributed by atoms with Crippen molar-refractivity contribution in [1.29, 1.82) is 0 Å². The third kappa shape index (κ3) is 4.52. The van der Waals surface area contributed by atoms with Gasteiger partial charge in [0, 0.05) is 19.1 Å². The predicted molar refractivity (Wildman–Crippen MR) is 81.0 cm³/mol. The molecule has 1 atom stereocenters. The number of rotatable bonds is 5. The number of likely N-dealkylation sites (tertiary alicyclic amines) is 1. The number of nitrogens with two attached hydrogens (primary N) is 1. The molecule has 7 heteroatoms. The van der Waals surface area contributed by atoms with Gasteiger partial charge in [0.1, 0.15) is 6.04 Å². The van der Waals surface area contributed by atoms with Crippen molar-refractivity contribution in [3.8, 4) is 0 Å². The average Bonchev–Trinajstić information content (AvgIpc) is 2.40. The smallest absolute Gasteiger partial charge is 0.239 e. The summed E-state index contributed by atoms with van der Waals surface area (Å²) in [5.74, 6) is -0.379. The van der Waals surface area contributed by atoms with Crippen LogP contribution in [0.1, 0.15) is 24.4 Å². The Hall–Kier alpha value is -1.44. The number of hydrogen-bond donors (Lipinski definition) is 2. The first-order valence-corrected chi connectivity index (χ1v) is 8.81. The van der Waals surface area contributed by atoms with Gasteiger partial charge in [0.05, 0.1) is 6.26 Å². The number of carbonyl (C=O) groups is 1. The van der Waals surface area contributed by atoms with Crippen LogP contribution >= 0.6 is 0 Å². The van der Waals surface area contributed by atoms with Gasteiger partial charge >= 0.3 is 0 Å². The Labute approximate surface area is 125 Å². The second kappa shape index (κ2) is 6.55. The zero-order chi connectivity index (χ0) is 15.5. The fraction of sp³-hybridized carbons (Fsp3) is 0.500. The number of benzene rings is 1. The number of nitrogens with zero attached hydrogens (tertiary/aromatic N) is 1. The first-order chi connectivity index (χ1) is 9.87. The fourth-order valence-corrected chi connectivity index (χ4v) is 3.61. The molecule has 116 valence electrons. The summed E-state index contributed by atoms with van der Waals surface area (Å²) in [4.78, 5) is 13.8. The molecule has 0 saturated carbocycles. The van der Waals surface area contributed by atoms with E-state index in [0.29, 0.717) is 25.9 Å². The van der Waals surface area contributed by atoms with Gasteiger partial charge in [-0.15, -0.1) is 0 Å². The van der Waals surface area contributed by atoms with E-state index in [9.17, 15) is 13.2 Å². The summed E-state index contributed by atoms with van der Waals surface area (Å²) < 4.78 is 25.1. The van der Waals surface area contributed by atoms with Crippen LogP contribution in [0.4, 0.5) is 0 Å². The summed E-state index contributed by atoms with van der Waals surface area (Å²) in [6, 6.07) is 8.90. The summed E-state index contributed by atoms with van der Waals surface area (Å²) in [7, 11) is -3.19. The molecule has 0 radical (unpaired) electrons. The molecule has 2 rings (SSSR count). The van der Waals surface area contributed by atoms with Crippen LogP contribution in [-0.2, 0) is 14.8 Å². The molecule has 1 fully saturated rings. The van der Waals surface area contributed by atoms with Crippen LogP contribution in [0, 0.1) is 0 Å². The number of hydrogen-bond acceptors (Lipinski definition) is 4. The lowest BCUT2D eigenvalue weighted by Gasteiger charge is -2.36. The molecule has 0 aromatic heterocycles. The minimum Gasteiger partial charge on any atom is -0.368 e. The van der Waals surface area contributed by atoms with E-state index in [1.54, 1.807) is 0 Å². The Balaban J connectivity index is 2.04. The number of primary amides is 1. The normalized spacial score (nSPS) is 19.3. The summed E-state index contributed by atoms with van der Waals surface area (Å²) in [5.41, 5.74) is 6.42. The number of sulfonamides is 1. The molecule has 6 nitrogen and oxygen atoms in total.